The first-order valence-electron chi connectivity index (χ1n) is 6.44. The van der Waals surface area contributed by atoms with Gasteiger partial charge in [-0.05, 0) is 19.2 Å². The number of amides is 1. The molecular formula is C13H19Cl2N3O3. The second kappa shape index (κ2) is 9.55. The number of carbonyl (C=O) groups is 1. The third-order valence-electron chi connectivity index (χ3n) is 3.02. The molecule has 1 aromatic carbocycles. The molecule has 0 aliphatic rings. The zero-order chi connectivity index (χ0) is 15.1. The first-order chi connectivity index (χ1) is 9.49. The summed E-state index contributed by atoms with van der Waals surface area (Å²) < 4.78 is 0. The van der Waals surface area contributed by atoms with Gasteiger partial charge >= 0.3 is 0 Å². The number of hydrogen-bond donors (Lipinski definition) is 1. The van der Waals surface area contributed by atoms with Crippen LogP contribution in [0.2, 0.25) is 5.02 Å². The van der Waals surface area contributed by atoms with Gasteiger partial charge in [-0.1, -0.05) is 25.4 Å². The molecule has 1 aromatic rings. The lowest BCUT2D eigenvalue weighted by atomic mass is 10.2. The molecule has 8 heteroatoms. The minimum atomic E-state index is -0.548. The molecule has 0 spiro atoms. The summed E-state index contributed by atoms with van der Waals surface area (Å²) in [4.78, 5) is 24.1. The van der Waals surface area contributed by atoms with Gasteiger partial charge in [0.05, 0.1) is 15.5 Å². The van der Waals surface area contributed by atoms with Crippen LogP contribution < -0.4 is 5.32 Å². The summed E-state index contributed by atoms with van der Waals surface area (Å²) in [7, 11) is 0. The van der Waals surface area contributed by atoms with Gasteiger partial charge in [-0.25, -0.2) is 0 Å². The van der Waals surface area contributed by atoms with E-state index in [0.29, 0.717) is 6.54 Å². The Bertz CT molecular complexity index is 494. The average molecular weight is 336 g/mol. The fourth-order valence-corrected chi connectivity index (χ4v) is 2.02. The molecule has 0 unspecified atom stereocenters. The lowest BCUT2D eigenvalue weighted by Gasteiger charge is -2.18. The highest BCUT2D eigenvalue weighted by Gasteiger charge is 2.14. The fourth-order valence-electron chi connectivity index (χ4n) is 1.76. The van der Waals surface area contributed by atoms with E-state index in [2.05, 4.69) is 24.1 Å². The maximum atomic E-state index is 11.9. The van der Waals surface area contributed by atoms with Crippen LogP contribution in [-0.4, -0.2) is 41.9 Å². The van der Waals surface area contributed by atoms with E-state index in [1.165, 1.54) is 18.2 Å². The molecule has 0 saturated heterocycles. The number of likely N-dealkylation sites (N-methyl/N-ethyl adjacent to an activating group) is 1. The van der Waals surface area contributed by atoms with Crippen LogP contribution in [0.15, 0.2) is 18.2 Å². The number of nitrogens with zero attached hydrogens (tertiary/aromatic N) is 2. The van der Waals surface area contributed by atoms with Crippen LogP contribution in [0.1, 0.15) is 24.2 Å². The third kappa shape index (κ3) is 5.87. The highest BCUT2D eigenvalue weighted by molar-refractivity contribution is 6.34. The van der Waals surface area contributed by atoms with Crippen molar-refractivity contribution in [2.45, 2.75) is 13.8 Å². The Balaban J connectivity index is 0.00000400. The number of carbonyl (C=O) groups excluding carboxylic acids is 1. The van der Waals surface area contributed by atoms with E-state index in [0.717, 1.165) is 19.6 Å². The van der Waals surface area contributed by atoms with Crippen molar-refractivity contribution < 1.29 is 9.72 Å². The SMILES string of the molecule is CCN(CC)CCNC(=O)c1ccc([N+](=O)[O-])cc1Cl.Cl. The molecule has 0 radical (unpaired) electrons. The Morgan fingerprint density at radius 3 is 2.48 bits per heavy atom. The Morgan fingerprint density at radius 2 is 2.00 bits per heavy atom. The van der Waals surface area contributed by atoms with E-state index < -0.39 is 4.92 Å². The van der Waals surface area contributed by atoms with E-state index in [1.54, 1.807) is 0 Å². The van der Waals surface area contributed by atoms with Crippen LogP contribution in [0.3, 0.4) is 0 Å². The van der Waals surface area contributed by atoms with Crippen LogP contribution in [0, 0.1) is 10.1 Å². The number of nitro benzene ring substituents is 1. The quantitative estimate of drug-likeness (QED) is 0.614. The highest BCUT2D eigenvalue weighted by atomic mass is 35.5. The van der Waals surface area contributed by atoms with Gasteiger partial charge < -0.3 is 10.2 Å². The molecule has 0 aliphatic carbocycles. The zero-order valence-electron chi connectivity index (χ0n) is 12.0. The molecule has 118 valence electrons. The van der Waals surface area contributed by atoms with E-state index in [9.17, 15) is 14.9 Å². The first kappa shape index (κ1) is 19.6. The van der Waals surface area contributed by atoms with Crippen molar-refractivity contribution in [2.75, 3.05) is 26.2 Å². The van der Waals surface area contributed by atoms with E-state index in [1.807, 2.05) is 0 Å². The van der Waals surface area contributed by atoms with Crippen LogP contribution in [0.4, 0.5) is 5.69 Å². The maximum Gasteiger partial charge on any atom is 0.270 e. The molecular weight excluding hydrogens is 317 g/mol. The molecule has 0 saturated carbocycles. The highest BCUT2D eigenvalue weighted by Crippen LogP contribution is 2.22. The van der Waals surface area contributed by atoms with Crippen LogP contribution in [0.25, 0.3) is 0 Å². The molecule has 0 aliphatic heterocycles. The van der Waals surface area contributed by atoms with E-state index in [-0.39, 0.29) is 34.6 Å². The van der Waals surface area contributed by atoms with Gasteiger partial charge in [0, 0.05) is 25.2 Å². The Labute approximate surface area is 135 Å². The van der Waals surface area contributed by atoms with Crippen molar-refractivity contribution in [2.24, 2.45) is 0 Å². The molecule has 1 rings (SSSR count). The van der Waals surface area contributed by atoms with Crippen LogP contribution >= 0.6 is 24.0 Å². The number of hydrogen-bond acceptors (Lipinski definition) is 4. The van der Waals surface area contributed by atoms with Gasteiger partial charge in [0.25, 0.3) is 11.6 Å². The first-order valence-corrected chi connectivity index (χ1v) is 6.81. The smallest absolute Gasteiger partial charge is 0.270 e. The summed E-state index contributed by atoms with van der Waals surface area (Å²) in [5.41, 5.74) is 0.117. The predicted molar refractivity (Wildman–Crippen MR) is 85.5 cm³/mol. The molecule has 0 fully saturated rings. The van der Waals surface area contributed by atoms with E-state index >= 15 is 0 Å². The normalized spacial score (nSPS) is 10.1. The molecule has 21 heavy (non-hydrogen) atoms. The Kier molecular flexibility index (Phi) is 8.92. The second-order valence-electron chi connectivity index (χ2n) is 4.20. The van der Waals surface area contributed by atoms with Gasteiger partial charge in [0.2, 0.25) is 0 Å². The average Bonchev–Trinajstić information content (AvgIpc) is 2.43. The molecule has 6 nitrogen and oxygen atoms in total. The van der Waals surface area contributed by atoms with Gasteiger partial charge in [-0.15, -0.1) is 12.4 Å². The summed E-state index contributed by atoms with van der Waals surface area (Å²) in [6.45, 7) is 7.21. The summed E-state index contributed by atoms with van der Waals surface area (Å²) in [6.07, 6.45) is 0. The monoisotopic (exact) mass is 335 g/mol. The fraction of sp³-hybridized carbons (Fsp3) is 0.462. The number of rotatable bonds is 7. The number of nitro groups is 1. The lowest BCUT2D eigenvalue weighted by Crippen LogP contribution is -2.34. The van der Waals surface area contributed by atoms with Gasteiger partial charge in [-0.2, -0.15) is 0 Å². The van der Waals surface area contributed by atoms with Crippen LogP contribution in [0.5, 0.6) is 0 Å². The van der Waals surface area contributed by atoms with E-state index in [4.69, 9.17) is 11.6 Å². The molecule has 1 N–H and O–H groups in total. The molecule has 0 aromatic heterocycles. The number of nitrogens with one attached hydrogen (secondary N) is 1. The topological polar surface area (TPSA) is 75.5 Å². The third-order valence-corrected chi connectivity index (χ3v) is 3.33. The molecule has 0 atom stereocenters. The summed E-state index contributed by atoms with van der Waals surface area (Å²) >= 11 is 5.89. The summed E-state index contributed by atoms with van der Waals surface area (Å²) in [6, 6.07) is 3.82. The number of halogens is 2. The number of benzene rings is 1. The molecule has 0 heterocycles. The minimum absolute atomic E-state index is 0. The van der Waals surface area contributed by atoms with Crippen molar-refractivity contribution in [3.8, 4) is 0 Å². The second-order valence-corrected chi connectivity index (χ2v) is 4.61. The van der Waals surface area contributed by atoms with Gasteiger partial charge in [0.15, 0.2) is 0 Å². The Hall–Kier alpha value is -1.37. The minimum Gasteiger partial charge on any atom is -0.351 e. The standard InChI is InChI=1S/C13H18ClN3O3.ClH/c1-3-16(4-2)8-7-15-13(18)11-6-5-10(17(19)20)9-12(11)14;/h5-6,9H,3-4,7-8H2,1-2H3,(H,15,18);1H. The molecule has 0 bridgehead atoms. The largest absolute Gasteiger partial charge is 0.351 e. The molecule has 1 amide bonds. The zero-order valence-corrected chi connectivity index (χ0v) is 13.5. The predicted octanol–water partition coefficient (Wildman–Crippen LogP) is 2.74. The van der Waals surface area contributed by atoms with Crippen molar-refractivity contribution >= 4 is 35.6 Å². The maximum absolute atomic E-state index is 11.9. The summed E-state index contributed by atoms with van der Waals surface area (Å²) in [5.74, 6) is -0.322. The summed E-state index contributed by atoms with van der Waals surface area (Å²) in [5, 5.41) is 13.4. The van der Waals surface area contributed by atoms with Crippen molar-refractivity contribution in [1.29, 1.82) is 0 Å². The van der Waals surface area contributed by atoms with Gasteiger partial charge in [0.1, 0.15) is 0 Å². The Morgan fingerprint density at radius 1 is 1.38 bits per heavy atom. The van der Waals surface area contributed by atoms with Gasteiger partial charge in [-0.3, -0.25) is 14.9 Å². The van der Waals surface area contributed by atoms with Crippen molar-refractivity contribution in [1.82, 2.24) is 10.2 Å². The lowest BCUT2D eigenvalue weighted by molar-refractivity contribution is -0.384. The van der Waals surface area contributed by atoms with Crippen molar-refractivity contribution in [3.63, 3.8) is 0 Å². The number of non-ortho nitro benzene ring substituents is 1. The van der Waals surface area contributed by atoms with Crippen LogP contribution in [-0.2, 0) is 0 Å². The van der Waals surface area contributed by atoms with Crippen molar-refractivity contribution in [3.05, 3.63) is 38.9 Å².